The standard InChI is InChI=1S/C15H12F3N3O3S/c1-21-11(13(22)23-2)9(15(16,17)18)10(20-21)7-5-4-6-8-12(7)25-14(19-8)24-3/h4-6H,1-3H3. The lowest BCUT2D eigenvalue weighted by molar-refractivity contribution is -0.137. The molecule has 0 unspecified atom stereocenters. The number of ether oxygens (including phenoxy) is 2. The first kappa shape index (κ1) is 17.2. The first-order chi connectivity index (χ1) is 11.8. The summed E-state index contributed by atoms with van der Waals surface area (Å²) in [6.07, 6.45) is -4.79. The third-order valence-electron chi connectivity index (χ3n) is 3.53. The second kappa shape index (κ2) is 6.03. The number of aromatic nitrogens is 3. The van der Waals surface area contributed by atoms with Crippen LogP contribution in [0.3, 0.4) is 0 Å². The summed E-state index contributed by atoms with van der Waals surface area (Å²) in [5, 5.41) is 4.26. The maximum Gasteiger partial charge on any atom is 0.420 e. The minimum Gasteiger partial charge on any atom is -0.473 e. The number of methoxy groups -OCH3 is 2. The van der Waals surface area contributed by atoms with Crippen molar-refractivity contribution in [2.24, 2.45) is 7.05 Å². The average Bonchev–Trinajstić information content (AvgIpc) is 3.13. The Morgan fingerprint density at radius 1 is 1.28 bits per heavy atom. The van der Waals surface area contributed by atoms with E-state index >= 15 is 0 Å². The first-order valence-corrected chi connectivity index (χ1v) is 7.76. The molecule has 0 saturated carbocycles. The van der Waals surface area contributed by atoms with Gasteiger partial charge in [0.2, 0.25) is 0 Å². The Hall–Kier alpha value is -2.62. The van der Waals surface area contributed by atoms with Gasteiger partial charge in [-0.05, 0) is 6.07 Å². The van der Waals surface area contributed by atoms with Crippen LogP contribution in [0.25, 0.3) is 21.5 Å². The molecule has 2 aromatic heterocycles. The van der Waals surface area contributed by atoms with E-state index in [9.17, 15) is 18.0 Å². The molecule has 0 atom stereocenters. The van der Waals surface area contributed by atoms with E-state index in [2.05, 4.69) is 14.8 Å². The van der Waals surface area contributed by atoms with Gasteiger partial charge in [-0.2, -0.15) is 18.3 Å². The van der Waals surface area contributed by atoms with E-state index in [1.165, 1.54) is 20.2 Å². The molecule has 1 aromatic carbocycles. The van der Waals surface area contributed by atoms with Gasteiger partial charge in [0.1, 0.15) is 11.3 Å². The molecule has 132 valence electrons. The number of alkyl halides is 3. The van der Waals surface area contributed by atoms with Crippen LogP contribution in [-0.4, -0.2) is 35.0 Å². The summed E-state index contributed by atoms with van der Waals surface area (Å²) in [6.45, 7) is 0. The lowest BCUT2D eigenvalue weighted by Crippen LogP contribution is -2.16. The van der Waals surface area contributed by atoms with Gasteiger partial charge in [-0.1, -0.05) is 23.5 Å². The third-order valence-corrected chi connectivity index (χ3v) is 4.60. The highest BCUT2D eigenvalue weighted by Crippen LogP contribution is 2.43. The Kier molecular flexibility index (Phi) is 4.15. The summed E-state index contributed by atoms with van der Waals surface area (Å²) in [7, 11) is 3.71. The van der Waals surface area contributed by atoms with Gasteiger partial charge in [0.05, 0.1) is 24.4 Å². The van der Waals surface area contributed by atoms with Crippen LogP contribution >= 0.6 is 11.3 Å². The van der Waals surface area contributed by atoms with E-state index in [1.54, 1.807) is 12.1 Å². The molecule has 0 N–H and O–H groups in total. The zero-order chi connectivity index (χ0) is 18.4. The van der Waals surface area contributed by atoms with Gasteiger partial charge in [-0.15, -0.1) is 0 Å². The van der Waals surface area contributed by atoms with E-state index in [1.807, 2.05) is 0 Å². The molecule has 3 rings (SSSR count). The second-order valence-corrected chi connectivity index (χ2v) is 5.98. The van der Waals surface area contributed by atoms with Crippen molar-refractivity contribution < 1.29 is 27.4 Å². The Bertz CT molecular complexity index is 962. The van der Waals surface area contributed by atoms with Crippen LogP contribution in [0.5, 0.6) is 5.19 Å². The summed E-state index contributed by atoms with van der Waals surface area (Å²) >= 11 is 1.10. The number of halogens is 3. The van der Waals surface area contributed by atoms with Gasteiger partial charge < -0.3 is 9.47 Å². The van der Waals surface area contributed by atoms with Gasteiger partial charge in [0.15, 0.2) is 5.69 Å². The molecule has 0 radical (unpaired) electrons. The Morgan fingerprint density at radius 2 is 2.00 bits per heavy atom. The van der Waals surface area contributed by atoms with E-state index < -0.39 is 23.4 Å². The molecule has 0 aliphatic heterocycles. The molecule has 0 amide bonds. The topological polar surface area (TPSA) is 66.2 Å². The molecule has 0 saturated heterocycles. The van der Waals surface area contributed by atoms with E-state index in [-0.39, 0.29) is 11.3 Å². The minimum absolute atomic E-state index is 0.219. The number of rotatable bonds is 3. The fraction of sp³-hybridized carbons (Fsp3) is 0.267. The molecular weight excluding hydrogens is 359 g/mol. The minimum atomic E-state index is -4.79. The zero-order valence-corrected chi connectivity index (χ0v) is 14.2. The van der Waals surface area contributed by atoms with Crippen LogP contribution < -0.4 is 4.74 Å². The van der Waals surface area contributed by atoms with Gasteiger partial charge in [0, 0.05) is 12.6 Å². The molecule has 6 nitrogen and oxygen atoms in total. The third kappa shape index (κ3) is 2.82. The van der Waals surface area contributed by atoms with Crippen molar-refractivity contribution in [2.75, 3.05) is 14.2 Å². The van der Waals surface area contributed by atoms with Crippen molar-refractivity contribution in [3.05, 3.63) is 29.5 Å². The number of carbonyl (C=O) groups excluding carboxylic acids is 1. The maximum atomic E-state index is 13.7. The number of thiazole rings is 1. The molecule has 0 aliphatic rings. The van der Waals surface area contributed by atoms with E-state index in [0.29, 0.717) is 15.4 Å². The molecule has 0 fully saturated rings. The molecule has 0 bridgehead atoms. The normalized spacial score (nSPS) is 11.8. The number of hydrogen-bond donors (Lipinski definition) is 0. The predicted octanol–water partition coefficient (Wildman–Crippen LogP) is 3.51. The molecule has 0 spiro atoms. The number of nitrogens with zero attached hydrogens (tertiary/aromatic N) is 3. The summed E-state index contributed by atoms with van der Waals surface area (Å²) in [5.74, 6) is -1.11. The lowest BCUT2D eigenvalue weighted by Gasteiger charge is -2.09. The van der Waals surface area contributed by atoms with Crippen molar-refractivity contribution in [3.8, 4) is 16.5 Å². The summed E-state index contributed by atoms with van der Waals surface area (Å²) in [5.41, 5.74) is -1.44. The van der Waals surface area contributed by atoms with E-state index in [4.69, 9.17) is 4.74 Å². The second-order valence-electron chi connectivity index (χ2n) is 5.02. The SMILES string of the molecule is COC(=O)c1c(C(F)(F)F)c(-c2cccc3nc(OC)sc23)nn1C. The molecule has 10 heteroatoms. The Labute approximate surface area is 143 Å². The average molecular weight is 371 g/mol. The molecule has 0 aliphatic carbocycles. The van der Waals surface area contributed by atoms with Gasteiger partial charge >= 0.3 is 12.1 Å². The number of benzene rings is 1. The van der Waals surface area contributed by atoms with Crippen LogP contribution in [-0.2, 0) is 18.0 Å². The molecule has 2 heterocycles. The fourth-order valence-electron chi connectivity index (χ4n) is 2.51. The Balaban J connectivity index is 2.35. The molecular formula is C15H12F3N3O3S. The highest BCUT2D eigenvalue weighted by Gasteiger charge is 2.43. The van der Waals surface area contributed by atoms with Crippen LogP contribution in [0.15, 0.2) is 18.2 Å². The van der Waals surface area contributed by atoms with Crippen LogP contribution in [0.4, 0.5) is 13.2 Å². The van der Waals surface area contributed by atoms with E-state index in [0.717, 1.165) is 23.1 Å². The van der Waals surface area contributed by atoms with Crippen LogP contribution in [0, 0.1) is 0 Å². The highest BCUT2D eigenvalue weighted by molar-refractivity contribution is 7.20. The van der Waals surface area contributed by atoms with Crippen LogP contribution in [0.2, 0.25) is 0 Å². The van der Waals surface area contributed by atoms with Crippen molar-refractivity contribution >= 4 is 27.5 Å². The van der Waals surface area contributed by atoms with Crippen molar-refractivity contribution in [3.63, 3.8) is 0 Å². The number of hydrogen-bond acceptors (Lipinski definition) is 6. The van der Waals surface area contributed by atoms with Crippen molar-refractivity contribution in [1.82, 2.24) is 14.8 Å². The lowest BCUT2D eigenvalue weighted by atomic mass is 10.0. The van der Waals surface area contributed by atoms with Gasteiger partial charge in [-0.25, -0.2) is 9.78 Å². The summed E-state index contributed by atoms with van der Waals surface area (Å²) < 4.78 is 51.9. The largest absolute Gasteiger partial charge is 0.473 e. The predicted molar refractivity (Wildman–Crippen MR) is 84.7 cm³/mol. The van der Waals surface area contributed by atoms with Crippen LogP contribution in [0.1, 0.15) is 16.1 Å². The van der Waals surface area contributed by atoms with Crippen molar-refractivity contribution in [2.45, 2.75) is 6.18 Å². The monoisotopic (exact) mass is 371 g/mol. The number of esters is 1. The number of fused-ring (bicyclic) bond motifs is 1. The van der Waals surface area contributed by atoms with Crippen molar-refractivity contribution in [1.29, 1.82) is 0 Å². The number of aryl methyl sites for hydroxylation is 1. The molecule has 25 heavy (non-hydrogen) atoms. The first-order valence-electron chi connectivity index (χ1n) is 6.94. The van der Waals surface area contributed by atoms with Gasteiger partial charge in [0.25, 0.3) is 5.19 Å². The smallest absolute Gasteiger partial charge is 0.420 e. The van der Waals surface area contributed by atoms with Gasteiger partial charge in [-0.3, -0.25) is 4.68 Å². The maximum absolute atomic E-state index is 13.7. The summed E-state index contributed by atoms with van der Waals surface area (Å²) in [6, 6.07) is 4.73. The fourth-order valence-corrected chi connectivity index (χ4v) is 3.41. The Morgan fingerprint density at radius 3 is 2.60 bits per heavy atom. The highest BCUT2D eigenvalue weighted by atomic mass is 32.1. The molecule has 3 aromatic rings. The quantitative estimate of drug-likeness (QED) is 0.659. The summed E-state index contributed by atoms with van der Waals surface area (Å²) in [4.78, 5) is 16.0. The zero-order valence-electron chi connectivity index (χ0n) is 13.3. The number of carbonyl (C=O) groups is 1.